The van der Waals surface area contributed by atoms with Gasteiger partial charge in [0.2, 0.25) is 0 Å². The monoisotopic (exact) mass is 337 g/mol. The molecule has 0 N–H and O–H groups in total. The third-order valence-electron chi connectivity index (χ3n) is 4.82. The van der Waals surface area contributed by atoms with Crippen LogP contribution in [-0.4, -0.2) is 19.3 Å². The molecule has 126 valence electrons. The smallest absolute Gasteiger partial charge is 0.0372 e. The van der Waals surface area contributed by atoms with E-state index in [-0.39, 0.29) is 0 Å². The van der Waals surface area contributed by atoms with Gasteiger partial charge in [-0.2, -0.15) is 0 Å². The predicted octanol–water partition coefficient (Wildman–Crippen LogP) is 6.41. The Morgan fingerprint density at radius 3 is 2.46 bits per heavy atom. The molecule has 0 saturated carbocycles. The maximum atomic E-state index is 2.54. The number of nitrogens with zero attached hydrogens (tertiary/aromatic N) is 1. The minimum absolute atomic E-state index is 1.19. The van der Waals surface area contributed by atoms with Crippen LogP contribution in [0, 0.1) is 6.92 Å². The molecule has 1 fully saturated rings. The van der Waals surface area contributed by atoms with E-state index in [1.54, 1.807) is 0 Å². The first-order chi connectivity index (χ1) is 11.7. The Hall–Kier alpha value is -1.67. The Bertz CT molecular complexity index is 727. The number of rotatable bonds is 4. The van der Waals surface area contributed by atoms with Crippen LogP contribution < -0.4 is 4.90 Å². The van der Waals surface area contributed by atoms with Crippen LogP contribution >= 0.6 is 11.8 Å². The Balaban J connectivity index is 2.06. The molecule has 0 aliphatic carbocycles. The second-order valence-corrected chi connectivity index (χ2v) is 7.35. The normalized spacial score (nSPS) is 15.2. The molecule has 0 unspecified atom stereocenters. The number of hydrogen-bond donors (Lipinski definition) is 0. The fraction of sp³-hybridized carbons (Fsp3) is 0.364. The van der Waals surface area contributed by atoms with Crippen LogP contribution in [0.4, 0.5) is 5.69 Å². The lowest BCUT2D eigenvalue weighted by Crippen LogP contribution is -2.29. The first-order valence-electron chi connectivity index (χ1n) is 8.89. The van der Waals surface area contributed by atoms with Crippen molar-refractivity contribution in [2.24, 2.45) is 0 Å². The fourth-order valence-corrected chi connectivity index (χ4v) is 4.07. The molecule has 1 nitrogen and oxygen atoms in total. The number of allylic oxidation sites excluding steroid dienone is 1. The number of anilines is 1. The van der Waals surface area contributed by atoms with E-state index in [1.165, 1.54) is 65.2 Å². The number of thioether (sulfide) groups is 1. The van der Waals surface area contributed by atoms with E-state index in [2.05, 4.69) is 73.6 Å². The van der Waals surface area contributed by atoms with Gasteiger partial charge in [0.1, 0.15) is 0 Å². The van der Waals surface area contributed by atoms with Crippen molar-refractivity contribution in [2.75, 3.05) is 24.2 Å². The molecular formula is C22H27NS. The van der Waals surface area contributed by atoms with E-state index in [4.69, 9.17) is 0 Å². The van der Waals surface area contributed by atoms with Gasteiger partial charge in [-0.1, -0.05) is 24.3 Å². The molecule has 0 spiro atoms. The van der Waals surface area contributed by atoms with Crippen LogP contribution in [0.3, 0.4) is 0 Å². The summed E-state index contributed by atoms with van der Waals surface area (Å²) in [5.74, 6) is 0. The number of piperidine rings is 1. The summed E-state index contributed by atoms with van der Waals surface area (Å²) < 4.78 is 0. The van der Waals surface area contributed by atoms with Crippen molar-refractivity contribution in [1.29, 1.82) is 0 Å². The highest BCUT2D eigenvalue weighted by molar-refractivity contribution is 7.98. The maximum Gasteiger partial charge on any atom is 0.0372 e. The third kappa shape index (κ3) is 3.70. The molecule has 24 heavy (non-hydrogen) atoms. The Kier molecular flexibility index (Phi) is 5.68. The highest BCUT2D eigenvalue weighted by Gasteiger charge is 2.14. The van der Waals surface area contributed by atoms with Crippen molar-refractivity contribution in [3.8, 4) is 11.1 Å². The van der Waals surface area contributed by atoms with Gasteiger partial charge in [0.25, 0.3) is 0 Å². The standard InChI is InChI=1S/C22H27NS/c1-4-8-18-10-12-22(24-3)21(15-18)20-16-19(11-9-17(20)2)23-13-6-5-7-14-23/h4,8-12,15-16H,5-7,13-14H2,1-3H3/b8-4+. The van der Waals surface area contributed by atoms with Gasteiger partial charge >= 0.3 is 0 Å². The topological polar surface area (TPSA) is 3.24 Å². The highest BCUT2D eigenvalue weighted by Crippen LogP contribution is 2.36. The zero-order chi connectivity index (χ0) is 16.9. The quantitative estimate of drug-likeness (QED) is 0.593. The van der Waals surface area contributed by atoms with E-state index >= 15 is 0 Å². The summed E-state index contributed by atoms with van der Waals surface area (Å²) in [7, 11) is 0. The molecule has 0 amide bonds. The molecule has 2 aromatic rings. The number of aryl methyl sites for hydroxylation is 1. The summed E-state index contributed by atoms with van der Waals surface area (Å²) in [5.41, 5.74) is 6.72. The van der Waals surface area contributed by atoms with Crippen LogP contribution in [0.1, 0.15) is 37.3 Å². The summed E-state index contributed by atoms with van der Waals surface area (Å²) in [6, 6.07) is 13.8. The van der Waals surface area contributed by atoms with E-state index < -0.39 is 0 Å². The minimum atomic E-state index is 1.19. The predicted molar refractivity (Wildman–Crippen MR) is 109 cm³/mol. The van der Waals surface area contributed by atoms with Crippen molar-refractivity contribution in [3.63, 3.8) is 0 Å². The minimum Gasteiger partial charge on any atom is -0.372 e. The van der Waals surface area contributed by atoms with Crippen molar-refractivity contribution in [3.05, 3.63) is 53.6 Å². The van der Waals surface area contributed by atoms with Gasteiger partial charge in [-0.3, -0.25) is 0 Å². The van der Waals surface area contributed by atoms with Crippen molar-refractivity contribution >= 4 is 23.5 Å². The molecule has 2 aromatic carbocycles. The maximum absolute atomic E-state index is 2.54. The van der Waals surface area contributed by atoms with Gasteiger partial charge in [0.15, 0.2) is 0 Å². The van der Waals surface area contributed by atoms with Crippen LogP contribution in [0.2, 0.25) is 0 Å². The van der Waals surface area contributed by atoms with Gasteiger partial charge in [0.05, 0.1) is 0 Å². The largest absolute Gasteiger partial charge is 0.372 e. The number of hydrogen-bond acceptors (Lipinski definition) is 2. The van der Waals surface area contributed by atoms with Gasteiger partial charge in [-0.05, 0) is 85.9 Å². The molecule has 0 radical (unpaired) electrons. The Morgan fingerprint density at radius 2 is 1.75 bits per heavy atom. The van der Waals surface area contributed by atoms with Crippen LogP contribution in [0.15, 0.2) is 47.4 Å². The van der Waals surface area contributed by atoms with Crippen LogP contribution in [0.5, 0.6) is 0 Å². The van der Waals surface area contributed by atoms with Crippen molar-refractivity contribution < 1.29 is 0 Å². The van der Waals surface area contributed by atoms with E-state index in [9.17, 15) is 0 Å². The molecule has 0 atom stereocenters. The lowest BCUT2D eigenvalue weighted by molar-refractivity contribution is 0.578. The fourth-order valence-electron chi connectivity index (χ4n) is 3.48. The summed E-state index contributed by atoms with van der Waals surface area (Å²) >= 11 is 1.83. The second kappa shape index (κ2) is 7.94. The van der Waals surface area contributed by atoms with Gasteiger partial charge in [0, 0.05) is 23.7 Å². The molecule has 0 aromatic heterocycles. The lowest BCUT2D eigenvalue weighted by atomic mass is 9.97. The molecule has 1 heterocycles. The van der Waals surface area contributed by atoms with E-state index in [0.717, 1.165) is 0 Å². The molecule has 1 aliphatic rings. The van der Waals surface area contributed by atoms with Crippen LogP contribution in [0.25, 0.3) is 17.2 Å². The third-order valence-corrected chi connectivity index (χ3v) is 5.61. The zero-order valence-corrected chi connectivity index (χ0v) is 15.8. The molecule has 3 rings (SSSR count). The lowest BCUT2D eigenvalue weighted by Gasteiger charge is -2.29. The summed E-state index contributed by atoms with van der Waals surface area (Å²) in [5, 5.41) is 0. The van der Waals surface area contributed by atoms with E-state index in [1.807, 2.05) is 11.8 Å². The summed E-state index contributed by atoms with van der Waals surface area (Å²) in [4.78, 5) is 3.89. The molecule has 0 bridgehead atoms. The van der Waals surface area contributed by atoms with Crippen molar-refractivity contribution in [1.82, 2.24) is 0 Å². The first-order valence-corrected chi connectivity index (χ1v) is 10.1. The zero-order valence-electron chi connectivity index (χ0n) is 15.0. The second-order valence-electron chi connectivity index (χ2n) is 6.51. The van der Waals surface area contributed by atoms with Gasteiger partial charge in [-0.15, -0.1) is 11.8 Å². The molecule has 1 saturated heterocycles. The van der Waals surface area contributed by atoms with E-state index in [0.29, 0.717) is 0 Å². The SMILES string of the molecule is C/C=C/c1ccc(SC)c(-c2cc(N3CCCCC3)ccc2C)c1. The molecular weight excluding hydrogens is 310 g/mol. The van der Waals surface area contributed by atoms with Gasteiger partial charge < -0.3 is 4.90 Å². The summed E-state index contributed by atoms with van der Waals surface area (Å²) in [6.45, 7) is 6.68. The first kappa shape index (κ1) is 17.2. The van der Waals surface area contributed by atoms with Crippen LogP contribution in [-0.2, 0) is 0 Å². The average molecular weight is 338 g/mol. The average Bonchev–Trinajstić information content (AvgIpc) is 2.63. The Labute approximate surface area is 150 Å². The van der Waals surface area contributed by atoms with Gasteiger partial charge in [-0.25, -0.2) is 0 Å². The molecule has 1 aliphatic heterocycles. The Morgan fingerprint density at radius 1 is 0.958 bits per heavy atom. The number of benzene rings is 2. The highest BCUT2D eigenvalue weighted by atomic mass is 32.2. The summed E-state index contributed by atoms with van der Waals surface area (Å²) in [6.07, 6.45) is 10.5. The molecule has 2 heteroatoms. The van der Waals surface area contributed by atoms with Crippen molar-refractivity contribution in [2.45, 2.75) is 38.0 Å².